The highest BCUT2D eigenvalue weighted by molar-refractivity contribution is 7.89. The smallest absolute Gasteiger partial charge is 0.240 e. The van der Waals surface area contributed by atoms with Gasteiger partial charge in [-0.3, -0.25) is 0 Å². The van der Waals surface area contributed by atoms with Crippen molar-refractivity contribution in [3.63, 3.8) is 0 Å². The second-order valence-electron chi connectivity index (χ2n) is 5.69. The van der Waals surface area contributed by atoms with Crippen molar-refractivity contribution >= 4 is 10.0 Å². The van der Waals surface area contributed by atoms with Crippen LogP contribution in [0.1, 0.15) is 30.9 Å². The normalized spacial score (nSPS) is 11.3. The van der Waals surface area contributed by atoms with E-state index in [9.17, 15) is 12.8 Å². The fourth-order valence-electron chi connectivity index (χ4n) is 2.27. The number of hydrogen-bond acceptors (Lipinski definition) is 4. The van der Waals surface area contributed by atoms with Crippen LogP contribution >= 0.6 is 0 Å². The number of nitriles is 1. The van der Waals surface area contributed by atoms with Gasteiger partial charge in [0, 0.05) is 6.54 Å². The summed E-state index contributed by atoms with van der Waals surface area (Å²) in [5.74, 6) is 0.247. The van der Waals surface area contributed by atoms with E-state index in [4.69, 9.17) is 10.00 Å². The van der Waals surface area contributed by atoms with Crippen LogP contribution in [0.2, 0.25) is 0 Å². The average molecular weight is 362 g/mol. The van der Waals surface area contributed by atoms with Gasteiger partial charge in [-0.15, -0.1) is 0 Å². The first-order valence-electron chi connectivity index (χ1n) is 7.76. The van der Waals surface area contributed by atoms with Crippen LogP contribution in [0.25, 0.3) is 0 Å². The van der Waals surface area contributed by atoms with Crippen LogP contribution in [-0.4, -0.2) is 21.6 Å². The number of nitrogens with one attached hydrogen (secondary N) is 1. The molecule has 5 nitrogen and oxygen atoms in total. The summed E-state index contributed by atoms with van der Waals surface area (Å²) in [6.45, 7) is 4.29. The number of sulfonamides is 1. The molecule has 0 radical (unpaired) electrons. The van der Waals surface area contributed by atoms with Gasteiger partial charge < -0.3 is 4.74 Å². The molecule has 0 bridgehead atoms. The number of halogens is 1. The molecule has 0 aliphatic carbocycles. The SMILES string of the molecule is CC(C)c1ccccc1OCCNS(=O)(=O)c1ccc(F)c(C#N)c1. The molecular weight excluding hydrogens is 343 g/mol. The number of ether oxygens (including phenoxy) is 1. The molecule has 0 aliphatic heterocycles. The molecule has 2 aromatic carbocycles. The van der Waals surface area contributed by atoms with Gasteiger partial charge in [0.1, 0.15) is 24.2 Å². The van der Waals surface area contributed by atoms with Gasteiger partial charge in [-0.2, -0.15) is 5.26 Å². The first-order chi connectivity index (χ1) is 11.8. The highest BCUT2D eigenvalue weighted by Crippen LogP contribution is 2.25. The van der Waals surface area contributed by atoms with E-state index >= 15 is 0 Å². The lowest BCUT2D eigenvalue weighted by Crippen LogP contribution is -2.28. The second kappa shape index (κ2) is 8.10. The van der Waals surface area contributed by atoms with E-state index in [1.54, 1.807) is 6.07 Å². The Morgan fingerprint density at radius 2 is 1.96 bits per heavy atom. The molecule has 25 heavy (non-hydrogen) atoms. The Hall–Kier alpha value is -2.43. The molecule has 2 rings (SSSR count). The van der Waals surface area contributed by atoms with Crippen LogP contribution in [0.5, 0.6) is 5.75 Å². The standard InChI is InChI=1S/C18H19FN2O3S/c1-13(2)16-5-3-4-6-18(16)24-10-9-21-25(22,23)15-7-8-17(19)14(11-15)12-20/h3-8,11,13,21H,9-10H2,1-2H3. The van der Waals surface area contributed by atoms with Gasteiger partial charge in [-0.1, -0.05) is 32.0 Å². The summed E-state index contributed by atoms with van der Waals surface area (Å²) in [7, 11) is -3.84. The van der Waals surface area contributed by atoms with Gasteiger partial charge in [0.2, 0.25) is 10.0 Å². The summed E-state index contributed by atoms with van der Waals surface area (Å²) < 4.78 is 45.7. The quantitative estimate of drug-likeness (QED) is 0.767. The van der Waals surface area contributed by atoms with Gasteiger partial charge in [-0.25, -0.2) is 17.5 Å². The zero-order chi connectivity index (χ0) is 18.4. The molecule has 0 atom stereocenters. The first-order valence-corrected chi connectivity index (χ1v) is 9.24. The molecule has 0 amide bonds. The minimum Gasteiger partial charge on any atom is -0.492 e. The Morgan fingerprint density at radius 3 is 2.64 bits per heavy atom. The number of benzene rings is 2. The molecule has 0 unspecified atom stereocenters. The third-order valence-corrected chi connectivity index (χ3v) is 5.02. The highest BCUT2D eigenvalue weighted by Gasteiger charge is 2.16. The Kier molecular flexibility index (Phi) is 6.12. The topological polar surface area (TPSA) is 79.2 Å². The molecule has 0 heterocycles. The maximum Gasteiger partial charge on any atom is 0.240 e. The van der Waals surface area contributed by atoms with E-state index in [0.29, 0.717) is 5.75 Å². The Balaban J connectivity index is 1.99. The predicted octanol–water partition coefficient (Wildman–Crippen LogP) is 3.18. The lowest BCUT2D eigenvalue weighted by molar-refractivity contribution is 0.318. The summed E-state index contributed by atoms with van der Waals surface area (Å²) in [6, 6.07) is 12.3. The van der Waals surface area contributed by atoms with Crippen molar-refractivity contribution in [3.05, 3.63) is 59.4 Å². The molecule has 0 aromatic heterocycles. The monoisotopic (exact) mass is 362 g/mol. The van der Waals surface area contributed by atoms with Crippen LogP contribution < -0.4 is 9.46 Å². The lowest BCUT2D eigenvalue weighted by atomic mass is 10.0. The fraction of sp³-hybridized carbons (Fsp3) is 0.278. The average Bonchev–Trinajstić information content (AvgIpc) is 2.59. The van der Waals surface area contributed by atoms with Crippen LogP contribution in [0, 0.1) is 17.1 Å². The van der Waals surface area contributed by atoms with Crippen LogP contribution in [0.3, 0.4) is 0 Å². The lowest BCUT2D eigenvalue weighted by Gasteiger charge is -2.14. The van der Waals surface area contributed by atoms with Crippen LogP contribution in [0.15, 0.2) is 47.4 Å². The van der Waals surface area contributed by atoms with Crippen molar-refractivity contribution in [3.8, 4) is 11.8 Å². The number of rotatable bonds is 7. The van der Waals surface area contributed by atoms with Gasteiger partial charge in [-0.05, 0) is 35.7 Å². The van der Waals surface area contributed by atoms with Crippen LogP contribution in [0.4, 0.5) is 4.39 Å². The van der Waals surface area contributed by atoms with E-state index in [1.165, 1.54) is 0 Å². The number of hydrogen-bond donors (Lipinski definition) is 1. The Morgan fingerprint density at radius 1 is 1.24 bits per heavy atom. The van der Waals surface area contributed by atoms with Crippen molar-refractivity contribution in [2.24, 2.45) is 0 Å². The van der Waals surface area contributed by atoms with Crippen molar-refractivity contribution in [1.82, 2.24) is 4.72 Å². The molecule has 7 heteroatoms. The van der Waals surface area contributed by atoms with E-state index in [0.717, 1.165) is 23.8 Å². The van der Waals surface area contributed by atoms with Crippen molar-refractivity contribution in [2.45, 2.75) is 24.7 Å². The third-order valence-electron chi connectivity index (χ3n) is 3.56. The minimum atomic E-state index is -3.84. The van der Waals surface area contributed by atoms with Gasteiger partial charge in [0.05, 0.1) is 10.5 Å². The number of para-hydroxylation sites is 1. The zero-order valence-corrected chi connectivity index (χ0v) is 14.8. The highest BCUT2D eigenvalue weighted by atomic mass is 32.2. The summed E-state index contributed by atoms with van der Waals surface area (Å²) in [5.41, 5.74) is 0.729. The molecule has 0 aliphatic rings. The molecule has 0 saturated carbocycles. The molecule has 0 fully saturated rings. The molecule has 2 aromatic rings. The molecule has 0 saturated heterocycles. The Bertz CT molecular complexity index is 889. The van der Waals surface area contributed by atoms with E-state index in [1.807, 2.05) is 38.1 Å². The van der Waals surface area contributed by atoms with Crippen molar-refractivity contribution < 1.29 is 17.5 Å². The summed E-state index contributed by atoms with van der Waals surface area (Å²) in [6.07, 6.45) is 0. The second-order valence-corrected chi connectivity index (χ2v) is 7.46. The molecule has 0 spiro atoms. The van der Waals surface area contributed by atoms with Gasteiger partial charge >= 0.3 is 0 Å². The number of nitrogens with zero attached hydrogens (tertiary/aromatic N) is 1. The van der Waals surface area contributed by atoms with E-state index < -0.39 is 15.8 Å². The molecular formula is C18H19FN2O3S. The molecule has 132 valence electrons. The Labute approximate surface area is 147 Å². The predicted molar refractivity (Wildman–Crippen MR) is 92.3 cm³/mol. The zero-order valence-electron chi connectivity index (χ0n) is 14.0. The maximum absolute atomic E-state index is 13.3. The largest absolute Gasteiger partial charge is 0.492 e. The summed E-state index contributed by atoms with van der Waals surface area (Å²) in [4.78, 5) is -0.159. The summed E-state index contributed by atoms with van der Waals surface area (Å²) >= 11 is 0. The van der Waals surface area contributed by atoms with Crippen molar-refractivity contribution in [2.75, 3.05) is 13.2 Å². The minimum absolute atomic E-state index is 0.0496. The first kappa shape index (κ1) is 18.9. The van der Waals surface area contributed by atoms with Crippen LogP contribution in [-0.2, 0) is 10.0 Å². The maximum atomic E-state index is 13.3. The van der Waals surface area contributed by atoms with Crippen molar-refractivity contribution in [1.29, 1.82) is 5.26 Å². The van der Waals surface area contributed by atoms with E-state index in [2.05, 4.69) is 4.72 Å². The van der Waals surface area contributed by atoms with Gasteiger partial charge in [0.25, 0.3) is 0 Å². The fourth-order valence-corrected chi connectivity index (χ4v) is 3.31. The summed E-state index contributed by atoms with van der Waals surface area (Å²) in [5, 5.41) is 8.79. The third kappa shape index (κ3) is 4.78. The molecule has 1 N–H and O–H groups in total. The van der Waals surface area contributed by atoms with Gasteiger partial charge in [0.15, 0.2) is 0 Å². The van der Waals surface area contributed by atoms with E-state index in [-0.39, 0.29) is 29.5 Å².